The Bertz CT molecular complexity index is 984. The van der Waals surface area contributed by atoms with Gasteiger partial charge in [-0.05, 0) is 36.8 Å². The molecule has 30 heavy (non-hydrogen) atoms. The first-order valence-corrected chi connectivity index (χ1v) is 11.1. The number of urea groups is 1. The van der Waals surface area contributed by atoms with Crippen molar-refractivity contribution in [2.24, 2.45) is 0 Å². The van der Waals surface area contributed by atoms with Crippen molar-refractivity contribution in [2.75, 3.05) is 40.4 Å². The number of amides is 2. The maximum Gasteiger partial charge on any atom is 0.317 e. The van der Waals surface area contributed by atoms with E-state index in [1.807, 2.05) is 19.1 Å². The van der Waals surface area contributed by atoms with Crippen LogP contribution >= 0.6 is 0 Å². The van der Waals surface area contributed by atoms with Gasteiger partial charge >= 0.3 is 6.03 Å². The molecule has 1 saturated heterocycles. The van der Waals surface area contributed by atoms with Crippen LogP contribution in [0, 0.1) is 6.92 Å². The third kappa shape index (κ3) is 4.85. The van der Waals surface area contributed by atoms with Gasteiger partial charge in [-0.2, -0.15) is 4.31 Å². The van der Waals surface area contributed by atoms with Crippen molar-refractivity contribution < 1.29 is 22.7 Å². The first-order chi connectivity index (χ1) is 14.3. The fourth-order valence-electron chi connectivity index (χ4n) is 3.27. The largest absolute Gasteiger partial charge is 0.493 e. The van der Waals surface area contributed by atoms with Crippen LogP contribution in [0.15, 0.2) is 47.4 Å². The summed E-state index contributed by atoms with van der Waals surface area (Å²) in [6.45, 7) is 3.45. The van der Waals surface area contributed by atoms with Gasteiger partial charge in [-0.15, -0.1) is 0 Å². The Morgan fingerprint density at radius 3 is 2.20 bits per heavy atom. The molecule has 1 aliphatic heterocycles. The maximum absolute atomic E-state index is 12.8. The molecule has 2 amide bonds. The average Bonchev–Trinajstić information content (AvgIpc) is 2.77. The van der Waals surface area contributed by atoms with E-state index in [1.54, 1.807) is 49.5 Å². The lowest BCUT2D eigenvalue weighted by Crippen LogP contribution is -2.52. The molecule has 9 heteroatoms. The molecule has 1 N–H and O–H groups in total. The Hall–Kier alpha value is -2.78. The maximum atomic E-state index is 12.8. The van der Waals surface area contributed by atoms with Gasteiger partial charge in [0.05, 0.1) is 19.1 Å². The Kier molecular flexibility index (Phi) is 6.84. The molecule has 1 fully saturated rings. The highest BCUT2D eigenvalue weighted by molar-refractivity contribution is 7.89. The van der Waals surface area contributed by atoms with Crippen molar-refractivity contribution in [3.63, 3.8) is 0 Å². The van der Waals surface area contributed by atoms with Crippen LogP contribution in [0.2, 0.25) is 0 Å². The lowest BCUT2D eigenvalue weighted by Gasteiger charge is -2.34. The lowest BCUT2D eigenvalue weighted by molar-refractivity contribution is 0.172. The highest BCUT2D eigenvalue weighted by atomic mass is 32.2. The topological polar surface area (TPSA) is 88.2 Å². The molecule has 0 radical (unpaired) electrons. The molecule has 1 heterocycles. The molecular formula is C21H27N3O5S. The van der Waals surface area contributed by atoms with E-state index in [9.17, 15) is 13.2 Å². The van der Waals surface area contributed by atoms with Crippen LogP contribution < -0.4 is 14.8 Å². The molecule has 0 spiro atoms. The number of aryl methyl sites for hydroxylation is 1. The predicted octanol–water partition coefficient (Wildman–Crippen LogP) is 2.23. The Balaban J connectivity index is 1.55. The van der Waals surface area contributed by atoms with Crippen molar-refractivity contribution in [3.05, 3.63) is 53.6 Å². The zero-order chi connectivity index (χ0) is 21.7. The number of nitrogens with one attached hydrogen (secondary N) is 1. The van der Waals surface area contributed by atoms with Gasteiger partial charge < -0.3 is 19.7 Å². The molecule has 0 aliphatic carbocycles. The third-order valence-electron chi connectivity index (χ3n) is 5.08. The Labute approximate surface area is 177 Å². The molecule has 0 unspecified atom stereocenters. The lowest BCUT2D eigenvalue weighted by atomic mass is 10.2. The first kappa shape index (κ1) is 21.9. The van der Waals surface area contributed by atoms with E-state index in [0.29, 0.717) is 31.1 Å². The minimum Gasteiger partial charge on any atom is -0.493 e. The molecule has 3 rings (SSSR count). The summed E-state index contributed by atoms with van der Waals surface area (Å²) >= 11 is 0. The van der Waals surface area contributed by atoms with Crippen LogP contribution in [0.25, 0.3) is 0 Å². The number of sulfonamides is 1. The number of ether oxygens (including phenoxy) is 2. The SMILES string of the molecule is COc1ccc(CNC(=O)N2CCN(S(=O)(=O)c3ccc(C)cc3)CC2)cc1OC. The number of methoxy groups -OCH3 is 2. The van der Waals surface area contributed by atoms with Crippen LogP contribution in [0.1, 0.15) is 11.1 Å². The number of nitrogens with zero attached hydrogens (tertiary/aromatic N) is 2. The van der Waals surface area contributed by atoms with Crippen molar-refractivity contribution in [3.8, 4) is 11.5 Å². The molecule has 2 aromatic carbocycles. The summed E-state index contributed by atoms with van der Waals surface area (Å²) in [6, 6.07) is 12.0. The van der Waals surface area contributed by atoms with Crippen molar-refractivity contribution in [2.45, 2.75) is 18.4 Å². The van der Waals surface area contributed by atoms with E-state index in [2.05, 4.69) is 5.32 Å². The highest BCUT2D eigenvalue weighted by Crippen LogP contribution is 2.27. The Morgan fingerprint density at radius 1 is 0.967 bits per heavy atom. The van der Waals surface area contributed by atoms with E-state index < -0.39 is 10.0 Å². The van der Waals surface area contributed by atoms with E-state index in [1.165, 1.54) is 4.31 Å². The number of benzene rings is 2. The molecule has 0 bridgehead atoms. The zero-order valence-electron chi connectivity index (χ0n) is 17.4. The number of rotatable bonds is 6. The van der Waals surface area contributed by atoms with Gasteiger partial charge in [-0.1, -0.05) is 23.8 Å². The normalized spacial score (nSPS) is 15.0. The van der Waals surface area contributed by atoms with Gasteiger partial charge in [-0.3, -0.25) is 0 Å². The number of piperazine rings is 1. The van der Waals surface area contributed by atoms with Crippen molar-refractivity contribution >= 4 is 16.1 Å². The molecule has 1 aliphatic rings. The third-order valence-corrected chi connectivity index (χ3v) is 6.99. The van der Waals surface area contributed by atoms with E-state index in [4.69, 9.17) is 9.47 Å². The van der Waals surface area contributed by atoms with Gasteiger partial charge in [0.25, 0.3) is 0 Å². The number of carbonyl (C=O) groups is 1. The second kappa shape index (κ2) is 9.36. The van der Waals surface area contributed by atoms with Gasteiger partial charge in [-0.25, -0.2) is 13.2 Å². The number of carbonyl (C=O) groups excluding carboxylic acids is 1. The summed E-state index contributed by atoms with van der Waals surface area (Å²) in [7, 11) is -0.421. The molecule has 8 nitrogen and oxygen atoms in total. The second-order valence-electron chi connectivity index (χ2n) is 7.05. The number of hydrogen-bond donors (Lipinski definition) is 1. The number of hydrogen-bond acceptors (Lipinski definition) is 5. The predicted molar refractivity (Wildman–Crippen MR) is 113 cm³/mol. The Morgan fingerprint density at radius 2 is 1.60 bits per heavy atom. The van der Waals surface area contributed by atoms with Gasteiger partial charge in [0.1, 0.15) is 0 Å². The summed E-state index contributed by atoms with van der Waals surface area (Å²) in [6.07, 6.45) is 0. The monoisotopic (exact) mass is 433 g/mol. The first-order valence-electron chi connectivity index (χ1n) is 9.65. The van der Waals surface area contributed by atoms with E-state index >= 15 is 0 Å². The summed E-state index contributed by atoms with van der Waals surface area (Å²) in [5, 5.41) is 2.87. The minimum absolute atomic E-state index is 0.225. The van der Waals surface area contributed by atoms with Crippen LogP contribution in [-0.2, 0) is 16.6 Å². The van der Waals surface area contributed by atoms with Crippen LogP contribution in [-0.4, -0.2) is 64.1 Å². The van der Waals surface area contributed by atoms with Crippen LogP contribution in [0.5, 0.6) is 11.5 Å². The zero-order valence-corrected chi connectivity index (χ0v) is 18.2. The van der Waals surface area contributed by atoms with Crippen LogP contribution in [0.3, 0.4) is 0 Å². The van der Waals surface area contributed by atoms with Gasteiger partial charge in [0.2, 0.25) is 10.0 Å². The molecule has 0 aromatic heterocycles. The molecule has 162 valence electrons. The quantitative estimate of drug-likeness (QED) is 0.755. The smallest absolute Gasteiger partial charge is 0.317 e. The summed E-state index contributed by atoms with van der Waals surface area (Å²) in [5.74, 6) is 1.22. The van der Waals surface area contributed by atoms with E-state index in [-0.39, 0.29) is 24.0 Å². The molecule has 0 atom stereocenters. The summed E-state index contributed by atoms with van der Waals surface area (Å²) in [5.41, 5.74) is 1.88. The second-order valence-corrected chi connectivity index (χ2v) is 8.99. The summed E-state index contributed by atoms with van der Waals surface area (Å²) < 4.78 is 37.5. The molecule has 0 saturated carbocycles. The van der Waals surface area contributed by atoms with E-state index in [0.717, 1.165) is 11.1 Å². The molecular weight excluding hydrogens is 406 g/mol. The van der Waals surface area contributed by atoms with Crippen LogP contribution in [0.4, 0.5) is 4.79 Å². The van der Waals surface area contributed by atoms with Crippen molar-refractivity contribution in [1.82, 2.24) is 14.5 Å². The van der Waals surface area contributed by atoms with Gasteiger partial charge in [0.15, 0.2) is 11.5 Å². The fourth-order valence-corrected chi connectivity index (χ4v) is 4.69. The van der Waals surface area contributed by atoms with Crippen molar-refractivity contribution in [1.29, 1.82) is 0 Å². The standard InChI is InChI=1S/C21H27N3O5S/c1-16-4-7-18(8-5-16)30(26,27)24-12-10-23(11-13-24)21(25)22-15-17-6-9-19(28-2)20(14-17)29-3/h4-9,14H,10-13,15H2,1-3H3,(H,22,25). The minimum atomic E-state index is -3.55. The van der Waals surface area contributed by atoms with Gasteiger partial charge in [0, 0.05) is 32.7 Å². The fraction of sp³-hybridized carbons (Fsp3) is 0.381. The summed E-state index contributed by atoms with van der Waals surface area (Å²) in [4.78, 5) is 14.4. The molecule has 2 aromatic rings. The highest BCUT2D eigenvalue weighted by Gasteiger charge is 2.30. The average molecular weight is 434 g/mol.